The first-order valence-corrected chi connectivity index (χ1v) is 6.95. The van der Waals surface area contributed by atoms with Crippen LogP contribution in [0.2, 0.25) is 5.15 Å². The van der Waals surface area contributed by atoms with Gasteiger partial charge in [0.05, 0.1) is 0 Å². The van der Waals surface area contributed by atoms with E-state index in [1.807, 2.05) is 30.0 Å². The maximum absolute atomic E-state index is 5.92. The third kappa shape index (κ3) is 3.05. The van der Waals surface area contributed by atoms with Crippen LogP contribution < -0.4 is 4.90 Å². The molecule has 16 heavy (non-hydrogen) atoms. The fraction of sp³-hybridized carbons (Fsp3) is 0.583. The first-order valence-electron chi connectivity index (χ1n) is 5.58. The minimum Gasteiger partial charge on any atom is -0.356 e. The third-order valence-electron chi connectivity index (χ3n) is 2.86. The van der Waals surface area contributed by atoms with E-state index in [9.17, 15) is 0 Å². The van der Waals surface area contributed by atoms with Crippen LogP contribution in [0.3, 0.4) is 0 Å². The minimum absolute atomic E-state index is 0.382. The molecule has 0 spiro atoms. The Balaban J connectivity index is 2.11. The average Bonchev–Trinajstić information content (AvgIpc) is 2.39. The molecule has 1 aliphatic rings. The molecule has 0 unspecified atom stereocenters. The van der Waals surface area contributed by atoms with E-state index in [4.69, 9.17) is 11.6 Å². The number of aromatic nitrogens is 1. The fourth-order valence-corrected chi connectivity index (χ4v) is 3.08. The maximum atomic E-state index is 5.92. The van der Waals surface area contributed by atoms with Gasteiger partial charge in [0.1, 0.15) is 11.0 Å². The number of hydrogen-bond acceptors (Lipinski definition) is 3. The van der Waals surface area contributed by atoms with Gasteiger partial charge in [-0.1, -0.05) is 31.5 Å². The largest absolute Gasteiger partial charge is 0.356 e. The van der Waals surface area contributed by atoms with Gasteiger partial charge in [-0.2, -0.15) is 11.8 Å². The van der Waals surface area contributed by atoms with E-state index in [0.717, 1.165) is 24.7 Å². The molecule has 0 aromatic carbocycles. The number of nitrogens with zero attached hydrogens (tertiary/aromatic N) is 2. The number of pyridine rings is 1. The second kappa shape index (κ2) is 4.84. The van der Waals surface area contributed by atoms with Gasteiger partial charge in [-0.05, 0) is 18.6 Å². The molecule has 1 aromatic heterocycles. The Kier molecular flexibility index (Phi) is 3.65. The van der Waals surface area contributed by atoms with Crippen molar-refractivity contribution in [1.29, 1.82) is 0 Å². The molecule has 4 heteroatoms. The lowest BCUT2D eigenvalue weighted by atomic mass is 10.1. The second-order valence-corrected chi connectivity index (χ2v) is 6.85. The quantitative estimate of drug-likeness (QED) is 0.716. The van der Waals surface area contributed by atoms with Crippen LogP contribution in [0.1, 0.15) is 20.3 Å². The van der Waals surface area contributed by atoms with E-state index >= 15 is 0 Å². The summed E-state index contributed by atoms with van der Waals surface area (Å²) in [5, 5.41) is 0.577. The van der Waals surface area contributed by atoms with Crippen LogP contribution in [0.4, 0.5) is 5.82 Å². The Morgan fingerprint density at radius 1 is 1.38 bits per heavy atom. The molecule has 0 amide bonds. The van der Waals surface area contributed by atoms with Gasteiger partial charge in [-0.3, -0.25) is 0 Å². The SMILES string of the molecule is CC1(C)CCN(c2cccc(Cl)n2)CCS1. The van der Waals surface area contributed by atoms with Crippen molar-refractivity contribution < 1.29 is 0 Å². The topological polar surface area (TPSA) is 16.1 Å². The minimum atomic E-state index is 0.382. The number of rotatable bonds is 1. The van der Waals surface area contributed by atoms with Crippen LogP contribution in [-0.2, 0) is 0 Å². The van der Waals surface area contributed by atoms with E-state index in [0.29, 0.717) is 9.90 Å². The molecule has 2 heterocycles. The van der Waals surface area contributed by atoms with Crippen LogP contribution >= 0.6 is 23.4 Å². The molecule has 2 rings (SSSR count). The number of hydrogen-bond donors (Lipinski definition) is 0. The highest BCUT2D eigenvalue weighted by atomic mass is 35.5. The van der Waals surface area contributed by atoms with Gasteiger partial charge in [-0.25, -0.2) is 4.98 Å². The van der Waals surface area contributed by atoms with E-state index in [2.05, 4.69) is 23.7 Å². The highest BCUT2D eigenvalue weighted by Gasteiger charge is 2.24. The summed E-state index contributed by atoms with van der Waals surface area (Å²) in [6, 6.07) is 5.82. The third-order valence-corrected chi connectivity index (χ3v) is 4.44. The lowest BCUT2D eigenvalue weighted by Crippen LogP contribution is -2.27. The van der Waals surface area contributed by atoms with E-state index in [-0.39, 0.29) is 0 Å². The van der Waals surface area contributed by atoms with Gasteiger partial charge in [0.2, 0.25) is 0 Å². The molecular formula is C12H17ClN2S. The average molecular weight is 257 g/mol. The summed E-state index contributed by atoms with van der Waals surface area (Å²) in [5.74, 6) is 2.16. The smallest absolute Gasteiger partial charge is 0.131 e. The molecule has 2 nitrogen and oxygen atoms in total. The van der Waals surface area contributed by atoms with Crippen molar-refractivity contribution in [2.24, 2.45) is 0 Å². The zero-order valence-electron chi connectivity index (χ0n) is 9.74. The zero-order chi connectivity index (χ0) is 11.6. The molecule has 1 fully saturated rings. The molecule has 0 bridgehead atoms. The van der Waals surface area contributed by atoms with Crippen LogP contribution in [-0.4, -0.2) is 28.6 Å². The fourth-order valence-electron chi connectivity index (χ4n) is 1.82. The van der Waals surface area contributed by atoms with Crippen molar-refractivity contribution in [3.8, 4) is 0 Å². The summed E-state index contributed by atoms with van der Waals surface area (Å²) in [5.41, 5.74) is 0. The molecule has 0 atom stereocenters. The highest BCUT2D eigenvalue weighted by molar-refractivity contribution is 8.00. The molecular weight excluding hydrogens is 240 g/mol. The van der Waals surface area contributed by atoms with Crippen LogP contribution in [0.15, 0.2) is 18.2 Å². The van der Waals surface area contributed by atoms with Gasteiger partial charge in [-0.15, -0.1) is 0 Å². The van der Waals surface area contributed by atoms with Gasteiger partial charge < -0.3 is 4.90 Å². The summed E-state index contributed by atoms with van der Waals surface area (Å²) >= 11 is 7.96. The van der Waals surface area contributed by atoms with Crippen molar-refractivity contribution in [3.05, 3.63) is 23.4 Å². The first kappa shape index (κ1) is 12.1. The summed E-state index contributed by atoms with van der Waals surface area (Å²) in [6.45, 7) is 6.74. The van der Waals surface area contributed by atoms with Crippen LogP contribution in [0.25, 0.3) is 0 Å². The Hall–Kier alpha value is -0.410. The van der Waals surface area contributed by atoms with Gasteiger partial charge in [0, 0.05) is 23.6 Å². The Morgan fingerprint density at radius 3 is 2.94 bits per heavy atom. The Labute approximate surface area is 106 Å². The summed E-state index contributed by atoms with van der Waals surface area (Å²) in [6.07, 6.45) is 1.19. The first-order chi connectivity index (χ1) is 7.57. The standard InChI is InChI=1S/C12H17ClN2S/c1-12(2)6-7-15(8-9-16-12)11-5-3-4-10(13)14-11/h3-5H,6-9H2,1-2H3. The van der Waals surface area contributed by atoms with Crippen LogP contribution in [0, 0.1) is 0 Å². The summed E-state index contributed by atoms with van der Waals surface area (Å²) in [4.78, 5) is 6.70. The van der Waals surface area contributed by atoms with Crippen molar-refractivity contribution in [1.82, 2.24) is 4.98 Å². The number of anilines is 1. The van der Waals surface area contributed by atoms with Crippen molar-refractivity contribution in [2.45, 2.75) is 25.0 Å². The molecule has 0 aliphatic carbocycles. The van der Waals surface area contributed by atoms with E-state index in [1.54, 1.807) is 0 Å². The molecule has 88 valence electrons. The summed E-state index contributed by atoms with van der Waals surface area (Å²) in [7, 11) is 0. The molecule has 0 radical (unpaired) electrons. The normalized spacial score (nSPS) is 20.6. The lowest BCUT2D eigenvalue weighted by molar-refractivity contribution is 0.635. The monoisotopic (exact) mass is 256 g/mol. The molecule has 0 saturated carbocycles. The highest BCUT2D eigenvalue weighted by Crippen LogP contribution is 2.31. The molecule has 1 saturated heterocycles. The Bertz CT molecular complexity index is 368. The second-order valence-electron chi connectivity index (χ2n) is 4.66. The summed E-state index contributed by atoms with van der Waals surface area (Å²) < 4.78 is 0.382. The number of thioether (sulfide) groups is 1. The molecule has 1 aliphatic heterocycles. The van der Waals surface area contributed by atoms with Gasteiger partial charge in [0.15, 0.2) is 0 Å². The van der Waals surface area contributed by atoms with Crippen molar-refractivity contribution in [3.63, 3.8) is 0 Å². The molecule has 0 N–H and O–H groups in total. The number of halogens is 1. The van der Waals surface area contributed by atoms with Crippen molar-refractivity contribution >= 4 is 29.2 Å². The maximum Gasteiger partial charge on any atom is 0.131 e. The van der Waals surface area contributed by atoms with E-state index in [1.165, 1.54) is 6.42 Å². The van der Waals surface area contributed by atoms with Crippen LogP contribution in [0.5, 0.6) is 0 Å². The molecule has 1 aromatic rings. The van der Waals surface area contributed by atoms with Gasteiger partial charge >= 0.3 is 0 Å². The van der Waals surface area contributed by atoms with E-state index < -0.39 is 0 Å². The van der Waals surface area contributed by atoms with Gasteiger partial charge in [0.25, 0.3) is 0 Å². The predicted octanol–water partition coefficient (Wildman–Crippen LogP) is 3.46. The van der Waals surface area contributed by atoms with Crippen molar-refractivity contribution in [2.75, 3.05) is 23.7 Å². The Morgan fingerprint density at radius 2 is 2.19 bits per heavy atom. The lowest BCUT2D eigenvalue weighted by Gasteiger charge is -2.23. The zero-order valence-corrected chi connectivity index (χ0v) is 11.3. The predicted molar refractivity (Wildman–Crippen MR) is 72.6 cm³/mol.